The lowest BCUT2D eigenvalue weighted by molar-refractivity contribution is 0.293. The molecule has 0 saturated heterocycles. The zero-order chi connectivity index (χ0) is 14.4. The monoisotopic (exact) mass is 334 g/mol. The van der Waals surface area contributed by atoms with Crippen molar-refractivity contribution < 1.29 is 4.74 Å². The standard InChI is InChI=1S/C16H19BrN2O/c1-3-18-12(2)14-6-9-16(19-10-14)20-11-13-4-7-15(17)8-5-13/h4-10,12,18H,3,11H2,1-2H3. The second-order valence-corrected chi connectivity index (χ2v) is 5.54. The van der Waals surface area contributed by atoms with E-state index in [1.165, 1.54) is 5.56 Å². The second kappa shape index (κ2) is 7.41. The van der Waals surface area contributed by atoms with Gasteiger partial charge in [-0.25, -0.2) is 4.98 Å². The van der Waals surface area contributed by atoms with Crippen LogP contribution in [0.2, 0.25) is 0 Å². The molecule has 0 amide bonds. The van der Waals surface area contributed by atoms with Crippen molar-refractivity contribution in [3.05, 3.63) is 58.2 Å². The molecule has 1 aromatic carbocycles. The Hall–Kier alpha value is -1.39. The molecule has 0 aliphatic rings. The highest BCUT2D eigenvalue weighted by molar-refractivity contribution is 9.10. The number of nitrogens with one attached hydrogen (secondary N) is 1. The Morgan fingerprint density at radius 3 is 2.55 bits per heavy atom. The molecule has 1 N–H and O–H groups in total. The van der Waals surface area contributed by atoms with E-state index in [2.05, 4.69) is 46.1 Å². The minimum atomic E-state index is 0.313. The largest absolute Gasteiger partial charge is 0.473 e. The third-order valence-corrected chi connectivity index (χ3v) is 3.60. The third kappa shape index (κ3) is 4.32. The van der Waals surface area contributed by atoms with Gasteiger partial charge in [0.15, 0.2) is 0 Å². The summed E-state index contributed by atoms with van der Waals surface area (Å²) in [6.07, 6.45) is 1.87. The third-order valence-electron chi connectivity index (χ3n) is 3.07. The number of aromatic nitrogens is 1. The molecule has 0 fully saturated rings. The van der Waals surface area contributed by atoms with E-state index in [0.29, 0.717) is 18.5 Å². The van der Waals surface area contributed by atoms with E-state index in [-0.39, 0.29) is 0 Å². The summed E-state index contributed by atoms with van der Waals surface area (Å²) in [6.45, 7) is 5.70. The first-order valence-corrected chi connectivity index (χ1v) is 7.55. The van der Waals surface area contributed by atoms with E-state index < -0.39 is 0 Å². The molecule has 20 heavy (non-hydrogen) atoms. The Bertz CT molecular complexity index is 525. The fourth-order valence-corrected chi connectivity index (χ4v) is 2.16. The molecule has 0 radical (unpaired) electrons. The Kier molecular flexibility index (Phi) is 5.56. The molecule has 0 saturated carbocycles. The van der Waals surface area contributed by atoms with Crippen molar-refractivity contribution in [1.82, 2.24) is 10.3 Å². The minimum absolute atomic E-state index is 0.313. The second-order valence-electron chi connectivity index (χ2n) is 4.62. The number of hydrogen-bond donors (Lipinski definition) is 1. The molecular formula is C16H19BrN2O. The molecular weight excluding hydrogens is 316 g/mol. The maximum atomic E-state index is 5.68. The van der Waals surface area contributed by atoms with Crippen LogP contribution in [0.5, 0.6) is 5.88 Å². The van der Waals surface area contributed by atoms with Crippen molar-refractivity contribution >= 4 is 15.9 Å². The molecule has 2 rings (SSSR count). The quantitative estimate of drug-likeness (QED) is 0.863. The number of benzene rings is 1. The van der Waals surface area contributed by atoms with Gasteiger partial charge in [-0.15, -0.1) is 0 Å². The van der Waals surface area contributed by atoms with Crippen molar-refractivity contribution in [2.45, 2.75) is 26.5 Å². The van der Waals surface area contributed by atoms with Crippen molar-refractivity contribution in [2.24, 2.45) is 0 Å². The maximum Gasteiger partial charge on any atom is 0.213 e. The molecule has 0 bridgehead atoms. The highest BCUT2D eigenvalue weighted by Crippen LogP contribution is 2.16. The summed E-state index contributed by atoms with van der Waals surface area (Å²) in [6, 6.07) is 12.4. The van der Waals surface area contributed by atoms with Crippen LogP contribution >= 0.6 is 15.9 Å². The molecule has 0 aliphatic heterocycles. The predicted molar refractivity (Wildman–Crippen MR) is 84.8 cm³/mol. The lowest BCUT2D eigenvalue weighted by Crippen LogP contribution is -2.17. The first kappa shape index (κ1) is 15.0. The van der Waals surface area contributed by atoms with Crippen LogP contribution in [0, 0.1) is 0 Å². The zero-order valence-electron chi connectivity index (χ0n) is 11.8. The van der Waals surface area contributed by atoms with E-state index in [0.717, 1.165) is 16.6 Å². The molecule has 1 unspecified atom stereocenters. The van der Waals surface area contributed by atoms with Gasteiger partial charge in [-0.2, -0.15) is 0 Å². The topological polar surface area (TPSA) is 34.1 Å². The summed E-state index contributed by atoms with van der Waals surface area (Å²) >= 11 is 3.42. The molecule has 2 aromatic rings. The van der Waals surface area contributed by atoms with Crippen molar-refractivity contribution in [3.8, 4) is 5.88 Å². The van der Waals surface area contributed by atoms with Gasteiger partial charge in [-0.1, -0.05) is 41.1 Å². The summed E-state index contributed by atoms with van der Waals surface area (Å²) in [5, 5.41) is 3.36. The summed E-state index contributed by atoms with van der Waals surface area (Å²) in [4.78, 5) is 4.34. The van der Waals surface area contributed by atoms with Crippen molar-refractivity contribution in [1.29, 1.82) is 0 Å². The molecule has 4 heteroatoms. The fraction of sp³-hybridized carbons (Fsp3) is 0.312. The number of nitrogens with zero attached hydrogens (tertiary/aromatic N) is 1. The average Bonchev–Trinajstić information content (AvgIpc) is 2.47. The Morgan fingerprint density at radius 2 is 1.95 bits per heavy atom. The van der Waals surface area contributed by atoms with E-state index in [9.17, 15) is 0 Å². The predicted octanol–water partition coefficient (Wildman–Crippen LogP) is 4.09. The van der Waals surface area contributed by atoms with Crippen LogP contribution in [0.3, 0.4) is 0 Å². The van der Waals surface area contributed by atoms with Crippen LogP contribution in [-0.4, -0.2) is 11.5 Å². The van der Waals surface area contributed by atoms with E-state index in [4.69, 9.17) is 4.74 Å². The fourth-order valence-electron chi connectivity index (χ4n) is 1.90. The molecule has 106 valence electrons. The van der Waals surface area contributed by atoms with Crippen LogP contribution in [0.25, 0.3) is 0 Å². The van der Waals surface area contributed by atoms with E-state index >= 15 is 0 Å². The smallest absolute Gasteiger partial charge is 0.213 e. The van der Waals surface area contributed by atoms with Gasteiger partial charge in [0.05, 0.1) is 0 Å². The lowest BCUT2D eigenvalue weighted by Gasteiger charge is -2.12. The molecule has 1 atom stereocenters. The first-order chi connectivity index (χ1) is 9.69. The van der Waals surface area contributed by atoms with Crippen LogP contribution in [0.4, 0.5) is 0 Å². The van der Waals surface area contributed by atoms with Gasteiger partial charge in [0.2, 0.25) is 5.88 Å². The molecule has 1 aromatic heterocycles. The molecule has 0 aliphatic carbocycles. The van der Waals surface area contributed by atoms with E-state index in [1.54, 1.807) is 0 Å². The van der Waals surface area contributed by atoms with Gasteiger partial charge >= 0.3 is 0 Å². The number of halogens is 1. The molecule has 3 nitrogen and oxygen atoms in total. The van der Waals surface area contributed by atoms with Gasteiger partial charge in [-0.3, -0.25) is 0 Å². The summed E-state index contributed by atoms with van der Waals surface area (Å²) in [5.74, 6) is 0.653. The van der Waals surface area contributed by atoms with Crippen LogP contribution in [-0.2, 0) is 6.61 Å². The van der Waals surface area contributed by atoms with Gasteiger partial charge in [-0.05, 0) is 36.7 Å². The van der Waals surface area contributed by atoms with Gasteiger partial charge in [0.1, 0.15) is 6.61 Å². The number of pyridine rings is 1. The van der Waals surface area contributed by atoms with Crippen molar-refractivity contribution in [3.63, 3.8) is 0 Å². The molecule has 0 spiro atoms. The van der Waals surface area contributed by atoms with Crippen LogP contribution in [0.1, 0.15) is 31.0 Å². The van der Waals surface area contributed by atoms with Gasteiger partial charge < -0.3 is 10.1 Å². The summed E-state index contributed by atoms with van der Waals surface area (Å²) in [7, 11) is 0. The first-order valence-electron chi connectivity index (χ1n) is 6.75. The van der Waals surface area contributed by atoms with Gasteiger partial charge in [0.25, 0.3) is 0 Å². The van der Waals surface area contributed by atoms with Crippen molar-refractivity contribution in [2.75, 3.05) is 6.54 Å². The average molecular weight is 335 g/mol. The summed E-state index contributed by atoms with van der Waals surface area (Å²) in [5.41, 5.74) is 2.29. The van der Waals surface area contributed by atoms with Crippen LogP contribution < -0.4 is 10.1 Å². The Morgan fingerprint density at radius 1 is 1.20 bits per heavy atom. The number of rotatable bonds is 6. The number of ether oxygens (including phenoxy) is 1. The van der Waals surface area contributed by atoms with Gasteiger partial charge in [0, 0.05) is 22.8 Å². The zero-order valence-corrected chi connectivity index (χ0v) is 13.4. The lowest BCUT2D eigenvalue weighted by atomic mass is 10.1. The van der Waals surface area contributed by atoms with Crippen LogP contribution in [0.15, 0.2) is 47.1 Å². The van der Waals surface area contributed by atoms with E-state index in [1.807, 2.05) is 36.5 Å². The minimum Gasteiger partial charge on any atom is -0.473 e. The normalized spacial score (nSPS) is 12.2. The number of hydrogen-bond acceptors (Lipinski definition) is 3. The highest BCUT2D eigenvalue weighted by atomic mass is 79.9. The highest BCUT2D eigenvalue weighted by Gasteiger charge is 2.04. The maximum absolute atomic E-state index is 5.68. The Labute approximate surface area is 128 Å². The molecule has 1 heterocycles. The summed E-state index contributed by atoms with van der Waals surface area (Å²) < 4.78 is 6.75. The SMILES string of the molecule is CCNC(C)c1ccc(OCc2ccc(Br)cc2)nc1. The Balaban J connectivity index is 1.92.